The van der Waals surface area contributed by atoms with Crippen LogP contribution in [0.3, 0.4) is 0 Å². The summed E-state index contributed by atoms with van der Waals surface area (Å²) in [5, 5.41) is 0. The predicted octanol–water partition coefficient (Wildman–Crippen LogP) is 1.02. The van der Waals surface area contributed by atoms with Gasteiger partial charge >= 0.3 is 0 Å². The van der Waals surface area contributed by atoms with Crippen molar-refractivity contribution in [2.45, 2.75) is 12.5 Å². The number of rotatable bonds is 4. The summed E-state index contributed by atoms with van der Waals surface area (Å²) in [6.07, 6.45) is 2.55. The number of hydrogen-bond acceptors (Lipinski definition) is 3. The molecule has 0 aromatic carbocycles. The standard InChI is InChI=1S/C9H14N2O.ClH/c1-12-7-8(10)6-9-4-2-3-5-11-9;/h2-5,8H,6-7,10H2,1H3;1H/t8-;/m1./s1. The summed E-state index contributed by atoms with van der Waals surface area (Å²) in [4.78, 5) is 4.17. The van der Waals surface area contributed by atoms with Crippen molar-refractivity contribution in [2.24, 2.45) is 5.73 Å². The van der Waals surface area contributed by atoms with E-state index in [0.717, 1.165) is 12.1 Å². The summed E-state index contributed by atoms with van der Waals surface area (Å²) in [6, 6.07) is 5.87. The molecule has 0 radical (unpaired) electrons. The lowest BCUT2D eigenvalue weighted by Gasteiger charge is -2.08. The Balaban J connectivity index is 0.00000144. The van der Waals surface area contributed by atoms with Gasteiger partial charge < -0.3 is 10.5 Å². The number of aromatic nitrogens is 1. The Morgan fingerprint density at radius 2 is 2.31 bits per heavy atom. The molecular weight excluding hydrogens is 188 g/mol. The molecule has 4 heteroatoms. The molecule has 0 aliphatic rings. The maximum Gasteiger partial charge on any atom is 0.0617 e. The summed E-state index contributed by atoms with van der Waals surface area (Å²) < 4.78 is 4.92. The fourth-order valence-corrected chi connectivity index (χ4v) is 1.06. The second-order valence-corrected chi connectivity index (χ2v) is 2.74. The first-order valence-electron chi connectivity index (χ1n) is 3.97. The molecule has 1 rings (SSSR count). The SMILES string of the molecule is COC[C@H](N)Cc1ccccn1.Cl. The highest BCUT2D eigenvalue weighted by Gasteiger charge is 2.02. The van der Waals surface area contributed by atoms with Crippen molar-refractivity contribution in [3.8, 4) is 0 Å². The van der Waals surface area contributed by atoms with E-state index in [-0.39, 0.29) is 18.4 Å². The maximum absolute atomic E-state index is 5.75. The first kappa shape index (κ1) is 12.4. The quantitative estimate of drug-likeness (QED) is 0.793. The van der Waals surface area contributed by atoms with E-state index in [1.54, 1.807) is 13.3 Å². The van der Waals surface area contributed by atoms with Crippen molar-refractivity contribution in [3.63, 3.8) is 0 Å². The predicted molar refractivity (Wildman–Crippen MR) is 55.0 cm³/mol. The van der Waals surface area contributed by atoms with Gasteiger partial charge in [0.1, 0.15) is 0 Å². The molecule has 0 aliphatic heterocycles. The number of nitrogens with two attached hydrogens (primary N) is 1. The highest BCUT2D eigenvalue weighted by Crippen LogP contribution is 1.97. The van der Waals surface area contributed by atoms with E-state index in [9.17, 15) is 0 Å². The lowest BCUT2D eigenvalue weighted by Crippen LogP contribution is -2.28. The van der Waals surface area contributed by atoms with E-state index in [1.165, 1.54) is 0 Å². The normalized spacial score (nSPS) is 11.8. The zero-order valence-corrected chi connectivity index (χ0v) is 8.46. The summed E-state index contributed by atoms with van der Waals surface area (Å²) >= 11 is 0. The molecule has 2 N–H and O–H groups in total. The molecule has 74 valence electrons. The number of halogens is 1. The van der Waals surface area contributed by atoms with Crippen LogP contribution in [0.1, 0.15) is 5.69 Å². The van der Waals surface area contributed by atoms with Gasteiger partial charge in [0.05, 0.1) is 6.61 Å². The fourth-order valence-electron chi connectivity index (χ4n) is 1.06. The van der Waals surface area contributed by atoms with Crippen LogP contribution in [0.4, 0.5) is 0 Å². The van der Waals surface area contributed by atoms with Gasteiger partial charge in [-0.25, -0.2) is 0 Å². The third-order valence-electron chi connectivity index (χ3n) is 1.58. The van der Waals surface area contributed by atoms with E-state index in [1.807, 2.05) is 18.2 Å². The molecular formula is C9H15ClN2O. The Hall–Kier alpha value is -0.640. The Morgan fingerprint density at radius 1 is 1.54 bits per heavy atom. The van der Waals surface area contributed by atoms with E-state index < -0.39 is 0 Å². The number of hydrogen-bond donors (Lipinski definition) is 1. The smallest absolute Gasteiger partial charge is 0.0617 e. The van der Waals surface area contributed by atoms with Crippen molar-refractivity contribution in [1.29, 1.82) is 0 Å². The average Bonchev–Trinajstić information content (AvgIpc) is 2.06. The van der Waals surface area contributed by atoms with Gasteiger partial charge in [-0.1, -0.05) is 6.07 Å². The van der Waals surface area contributed by atoms with Gasteiger partial charge in [-0.15, -0.1) is 12.4 Å². The van der Waals surface area contributed by atoms with Gasteiger partial charge in [0.15, 0.2) is 0 Å². The molecule has 0 spiro atoms. The zero-order valence-electron chi connectivity index (χ0n) is 7.64. The molecule has 0 amide bonds. The highest BCUT2D eigenvalue weighted by molar-refractivity contribution is 5.85. The topological polar surface area (TPSA) is 48.1 Å². The molecule has 13 heavy (non-hydrogen) atoms. The minimum Gasteiger partial charge on any atom is -0.383 e. The van der Waals surface area contributed by atoms with Crippen molar-refractivity contribution in [1.82, 2.24) is 4.98 Å². The van der Waals surface area contributed by atoms with Crippen LogP contribution in [-0.2, 0) is 11.2 Å². The van der Waals surface area contributed by atoms with Crippen LogP contribution < -0.4 is 5.73 Å². The molecule has 0 saturated carbocycles. The lowest BCUT2D eigenvalue weighted by atomic mass is 10.2. The van der Waals surface area contributed by atoms with Crippen molar-refractivity contribution < 1.29 is 4.74 Å². The van der Waals surface area contributed by atoms with E-state index in [0.29, 0.717) is 6.61 Å². The van der Waals surface area contributed by atoms with E-state index >= 15 is 0 Å². The third-order valence-corrected chi connectivity index (χ3v) is 1.58. The Morgan fingerprint density at radius 3 is 2.85 bits per heavy atom. The van der Waals surface area contributed by atoms with E-state index in [4.69, 9.17) is 10.5 Å². The number of methoxy groups -OCH3 is 1. The van der Waals surface area contributed by atoms with Crippen LogP contribution >= 0.6 is 12.4 Å². The molecule has 0 saturated heterocycles. The monoisotopic (exact) mass is 202 g/mol. The average molecular weight is 203 g/mol. The van der Waals surface area contributed by atoms with Crippen LogP contribution in [0.2, 0.25) is 0 Å². The van der Waals surface area contributed by atoms with Crippen molar-refractivity contribution in [3.05, 3.63) is 30.1 Å². The fraction of sp³-hybridized carbons (Fsp3) is 0.444. The van der Waals surface area contributed by atoms with Crippen LogP contribution in [-0.4, -0.2) is 24.7 Å². The van der Waals surface area contributed by atoms with Gasteiger partial charge in [-0.05, 0) is 12.1 Å². The van der Waals surface area contributed by atoms with Crippen LogP contribution in [0.25, 0.3) is 0 Å². The second kappa shape index (κ2) is 6.83. The lowest BCUT2D eigenvalue weighted by molar-refractivity contribution is 0.179. The van der Waals surface area contributed by atoms with Gasteiger partial charge in [-0.3, -0.25) is 4.98 Å². The summed E-state index contributed by atoms with van der Waals surface area (Å²) in [5.41, 5.74) is 6.77. The van der Waals surface area contributed by atoms with Gasteiger partial charge in [-0.2, -0.15) is 0 Å². The highest BCUT2D eigenvalue weighted by atomic mass is 35.5. The Labute approximate surface area is 84.7 Å². The molecule has 1 aromatic heterocycles. The van der Waals surface area contributed by atoms with Gasteiger partial charge in [0, 0.05) is 31.5 Å². The summed E-state index contributed by atoms with van der Waals surface area (Å²) in [5.74, 6) is 0. The Bertz CT molecular complexity index is 218. The number of ether oxygens (including phenoxy) is 1. The molecule has 3 nitrogen and oxygen atoms in total. The molecule has 0 bridgehead atoms. The molecule has 0 unspecified atom stereocenters. The maximum atomic E-state index is 5.75. The third kappa shape index (κ3) is 4.83. The van der Waals surface area contributed by atoms with Gasteiger partial charge in [0.25, 0.3) is 0 Å². The van der Waals surface area contributed by atoms with Crippen LogP contribution in [0, 0.1) is 0 Å². The summed E-state index contributed by atoms with van der Waals surface area (Å²) in [6.45, 7) is 0.580. The number of nitrogens with zero attached hydrogens (tertiary/aromatic N) is 1. The van der Waals surface area contributed by atoms with Gasteiger partial charge in [0.2, 0.25) is 0 Å². The van der Waals surface area contributed by atoms with Crippen LogP contribution in [0.15, 0.2) is 24.4 Å². The molecule has 1 aromatic rings. The first-order chi connectivity index (χ1) is 5.83. The summed E-state index contributed by atoms with van der Waals surface area (Å²) in [7, 11) is 1.65. The minimum atomic E-state index is 0. The largest absolute Gasteiger partial charge is 0.383 e. The van der Waals surface area contributed by atoms with E-state index in [2.05, 4.69) is 4.98 Å². The van der Waals surface area contributed by atoms with Crippen molar-refractivity contribution >= 4 is 12.4 Å². The van der Waals surface area contributed by atoms with Crippen LogP contribution in [0.5, 0.6) is 0 Å². The molecule has 0 fully saturated rings. The van der Waals surface area contributed by atoms with Crippen molar-refractivity contribution in [2.75, 3.05) is 13.7 Å². The molecule has 1 heterocycles. The Kier molecular flexibility index (Phi) is 6.49. The number of pyridine rings is 1. The zero-order chi connectivity index (χ0) is 8.81. The second-order valence-electron chi connectivity index (χ2n) is 2.74. The minimum absolute atomic E-state index is 0. The molecule has 1 atom stereocenters. The first-order valence-corrected chi connectivity index (χ1v) is 3.97. The molecule has 0 aliphatic carbocycles.